The van der Waals surface area contributed by atoms with Crippen LogP contribution in [-0.4, -0.2) is 32.1 Å². The molecule has 0 bridgehead atoms. The Hall–Kier alpha value is 0.350. The highest BCUT2D eigenvalue weighted by Gasteiger charge is 1.89. The Labute approximate surface area is 78.0 Å². The molecule has 0 heterocycles. The Morgan fingerprint density at radius 3 is 2.58 bits per heavy atom. The third kappa shape index (κ3) is 10.3. The molecular formula is C9H22NOP. The Morgan fingerprint density at radius 2 is 1.92 bits per heavy atom. The molecule has 12 heavy (non-hydrogen) atoms. The molecule has 2 nitrogen and oxygen atoms in total. The predicted molar refractivity (Wildman–Crippen MR) is 57.4 cm³/mol. The second kappa shape index (κ2) is 11.4. The van der Waals surface area contributed by atoms with Crippen molar-refractivity contribution in [3.05, 3.63) is 0 Å². The monoisotopic (exact) mass is 191 g/mol. The molecule has 1 unspecified atom stereocenters. The summed E-state index contributed by atoms with van der Waals surface area (Å²) in [5.74, 6) is 0. The lowest BCUT2D eigenvalue weighted by atomic mass is 10.3. The Balaban J connectivity index is 2.73. The van der Waals surface area contributed by atoms with Gasteiger partial charge in [0, 0.05) is 13.2 Å². The van der Waals surface area contributed by atoms with Crippen molar-refractivity contribution in [2.24, 2.45) is 5.73 Å². The van der Waals surface area contributed by atoms with Crippen LogP contribution in [0.25, 0.3) is 0 Å². The van der Waals surface area contributed by atoms with Crippen molar-refractivity contribution in [1.29, 1.82) is 0 Å². The summed E-state index contributed by atoms with van der Waals surface area (Å²) in [5.41, 5.74) is 5.39. The maximum atomic E-state index is 5.39. The van der Waals surface area contributed by atoms with E-state index in [1.165, 1.54) is 31.6 Å². The number of rotatable bonds is 9. The van der Waals surface area contributed by atoms with Gasteiger partial charge in [-0.25, -0.2) is 0 Å². The third-order valence-electron chi connectivity index (χ3n) is 1.65. The van der Waals surface area contributed by atoms with Crippen molar-refractivity contribution in [3.8, 4) is 0 Å². The van der Waals surface area contributed by atoms with Gasteiger partial charge in [0.1, 0.15) is 0 Å². The first-order valence-electron chi connectivity index (χ1n) is 4.90. The van der Waals surface area contributed by atoms with Gasteiger partial charge in [-0.05, 0) is 45.1 Å². The van der Waals surface area contributed by atoms with E-state index in [9.17, 15) is 0 Å². The van der Waals surface area contributed by atoms with Crippen LogP contribution in [0, 0.1) is 0 Å². The molecule has 0 aliphatic heterocycles. The molecule has 0 radical (unpaired) electrons. The van der Waals surface area contributed by atoms with Crippen LogP contribution in [0.15, 0.2) is 0 Å². The maximum absolute atomic E-state index is 5.39. The van der Waals surface area contributed by atoms with E-state index in [4.69, 9.17) is 10.5 Å². The smallest absolute Gasteiger partial charge is 0.0469 e. The van der Waals surface area contributed by atoms with Crippen LogP contribution in [-0.2, 0) is 4.74 Å². The molecule has 1 atom stereocenters. The summed E-state index contributed by atoms with van der Waals surface area (Å²) in [6.07, 6.45) is 6.44. The topological polar surface area (TPSA) is 35.2 Å². The molecule has 0 aromatic rings. The van der Waals surface area contributed by atoms with Gasteiger partial charge in [-0.3, -0.25) is 0 Å². The number of hydrogen-bond acceptors (Lipinski definition) is 2. The molecule has 0 aliphatic carbocycles. The van der Waals surface area contributed by atoms with Crippen LogP contribution in [0.1, 0.15) is 26.2 Å². The van der Waals surface area contributed by atoms with E-state index in [2.05, 4.69) is 0 Å². The van der Waals surface area contributed by atoms with E-state index < -0.39 is 0 Å². The maximum Gasteiger partial charge on any atom is 0.0469 e. The highest BCUT2D eigenvalue weighted by molar-refractivity contribution is 7.37. The van der Waals surface area contributed by atoms with Gasteiger partial charge in [0.15, 0.2) is 0 Å². The van der Waals surface area contributed by atoms with Crippen molar-refractivity contribution in [2.45, 2.75) is 26.2 Å². The van der Waals surface area contributed by atoms with E-state index in [0.29, 0.717) is 0 Å². The third-order valence-corrected chi connectivity index (χ3v) is 3.07. The van der Waals surface area contributed by atoms with Gasteiger partial charge >= 0.3 is 0 Å². The summed E-state index contributed by atoms with van der Waals surface area (Å²) in [4.78, 5) is 0. The summed E-state index contributed by atoms with van der Waals surface area (Å²) in [5, 5.41) is 0. The SMILES string of the molecule is CCOCCCPCCCCN. The number of hydrogen-bond donors (Lipinski definition) is 1. The summed E-state index contributed by atoms with van der Waals surface area (Å²) >= 11 is 0. The quantitative estimate of drug-likeness (QED) is 0.446. The predicted octanol–water partition coefficient (Wildman–Crippen LogP) is 1.83. The van der Waals surface area contributed by atoms with Crippen LogP contribution in [0.5, 0.6) is 0 Å². The molecule has 0 rings (SSSR count). The first kappa shape index (κ1) is 12.3. The molecule has 0 aliphatic rings. The van der Waals surface area contributed by atoms with Crippen LogP contribution < -0.4 is 5.73 Å². The van der Waals surface area contributed by atoms with Crippen LogP contribution >= 0.6 is 8.58 Å². The molecule has 0 saturated heterocycles. The second-order valence-electron chi connectivity index (χ2n) is 2.80. The van der Waals surface area contributed by atoms with Crippen molar-refractivity contribution < 1.29 is 4.74 Å². The van der Waals surface area contributed by atoms with Crippen molar-refractivity contribution in [1.82, 2.24) is 0 Å². The van der Waals surface area contributed by atoms with E-state index in [-0.39, 0.29) is 0 Å². The van der Waals surface area contributed by atoms with Gasteiger partial charge in [0.25, 0.3) is 0 Å². The van der Waals surface area contributed by atoms with Gasteiger partial charge in [0.05, 0.1) is 0 Å². The van der Waals surface area contributed by atoms with E-state index in [0.717, 1.165) is 28.3 Å². The summed E-state index contributed by atoms with van der Waals surface area (Å²) < 4.78 is 5.25. The van der Waals surface area contributed by atoms with Gasteiger partial charge in [-0.1, -0.05) is 0 Å². The first-order valence-corrected chi connectivity index (χ1v) is 6.31. The zero-order chi connectivity index (χ0) is 9.07. The fourth-order valence-corrected chi connectivity index (χ4v) is 2.11. The number of nitrogens with two attached hydrogens (primary N) is 1. The lowest BCUT2D eigenvalue weighted by Gasteiger charge is -2.01. The zero-order valence-corrected chi connectivity index (χ0v) is 9.14. The first-order chi connectivity index (χ1) is 5.91. The summed E-state index contributed by atoms with van der Waals surface area (Å²) in [7, 11) is 1.12. The highest BCUT2D eigenvalue weighted by atomic mass is 31.1. The molecule has 3 heteroatoms. The standard InChI is InChI=1S/C9H22NOP/c1-2-11-7-5-9-12-8-4-3-6-10/h12H,2-10H2,1H3. The highest BCUT2D eigenvalue weighted by Crippen LogP contribution is 2.13. The average Bonchev–Trinajstić information content (AvgIpc) is 2.10. The Bertz CT molecular complexity index is 70.9. The zero-order valence-electron chi connectivity index (χ0n) is 8.14. The summed E-state index contributed by atoms with van der Waals surface area (Å²) in [6.45, 7) is 4.70. The molecule has 0 aromatic heterocycles. The van der Waals surface area contributed by atoms with Crippen molar-refractivity contribution in [2.75, 3.05) is 32.1 Å². The van der Waals surface area contributed by atoms with Gasteiger partial charge in [-0.15, -0.1) is 8.58 Å². The Morgan fingerprint density at radius 1 is 1.17 bits per heavy atom. The largest absolute Gasteiger partial charge is 0.382 e. The minimum atomic E-state index is 0.851. The lowest BCUT2D eigenvalue weighted by molar-refractivity contribution is 0.149. The van der Waals surface area contributed by atoms with Crippen LogP contribution in [0.3, 0.4) is 0 Å². The molecule has 0 spiro atoms. The lowest BCUT2D eigenvalue weighted by Crippen LogP contribution is -1.98. The average molecular weight is 191 g/mol. The molecule has 0 fully saturated rings. The van der Waals surface area contributed by atoms with Crippen molar-refractivity contribution >= 4 is 8.58 Å². The molecule has 0 saturated carbocycles. The minimum Gasteiger partial charge on any atom is -0.382 e. The minimum absolute atomic E-state index is 0.851. The normalized spacial score (nSPS) is 11.5. The molecule has 0 aromatic carbocycles. The van der Waals surface area contributed by atoms with Gasteiger partial charge in [0.2, 0.25) is 0 Å². The fourth-order valence-electron chi connectivity index (χ4n) is 0.963. The van der Waals surface area contributed by atoms with E-state index in [1.807, 2.05) is 6.92 Å². The second-order valence-corrected chi connectivity index (χ2v) is 4.30. The Kier molecular flexibility index (Phi) is 11.7. The van der Waals surface area contributed by atoms with Crippen LogP contribution in [0.2, 0.25) is 0 Å². The fraction of sp³-hybridized carbons (Fsp3) is 1.00. The molecule has 2 N–H and O–H groups in total. The summed E-state index contributed by atoms with van der Waals surface area (Å²) in [6, 6.07) is 0. The van der Waals surface area contributed by atoms with Gasteiger partial charge in [-0.2, -0.15) is 0 Å². The number of unbranched alkanes of at least 4 members (excludes halogenated alkanes) is 1. The van der Waals surface area contributed by atoms with Crippen LogP contribution in [0.4, 0.5) is 0 Å². The van der Waals surface area contributed by atoms with Crippen molar-refractivity contribution in [3.63, 3.8) is 0 Å². The molecule has 0 amide bonds. The number of ether oxygens (including phenoxy) is 1. The molecular weight excluding hydrogens is 169 g/mol. The molecule has 74 valence electrons. The van der Waals surface area contributed by atoms with E-state index >= 15 is 0 Å². The van der Waals surface area contributed by atoms with Gasteiger partial charge < -0.3 is 10.5 Å². The van der Waals surface area contributed by atoms with E-state index in [1.54, 1.807) is 0 Å².